The Balaban J connectivity index is 2.40. The van der Waals surface area contributed by atoms with Crippen LogP contribution in [0.3, 0.4) is 0 Å². The molecule has 0 amide bonds. The van der Waals surface area contributed by atoms with Crippen LogP contribution in [0.5, 0.6) is 0 Å². The largest absolute Gasteiger partial charge is 0.393 e. The molecule has 0 saturated carbocycles. The predicted molar refractivity (Wildman–Crippen MR) is 64.3 cm³/mol. The molecule has 0 spiro atoms. The predicted octanol–water partition coefficient (Wildman–Crippen LogP) is 0.627. The van der Waals surface area contributed by atoms with Crippen LogP contribution in [0.25, 0.3) is 0 Å². The molecule has 1 atom stereocenters. The molecule has 1 aliphatic heterocycles. The molecule has 1 heterocycles. The fourth-order valence-electron chi connectivity index (χ4n) is 1.57. The van der Waals surface area contributed by atoms with Gasteiger partial charge in [-0.2, -0.15) is 5.26 Å². The molecule has 0 aliphatic carbocycles. The molecule has 1 aliphatic rings. The lowest BCUT2D eigenvalue weighted by atomic mass is 10.2. The van der Waals surface area contributed by atoms with Gasteiger partial charge in [0.15, 0.2) is 0 Å². The quantitative estimate of drug-likeness (QED) is 0.310. The average molecular weight is 235 g/mol. The standard InChI is InChI=1S/C12H17N3O2/c1-3-4-11(2)14-17-10-12-9-16-8-7-15(12)6-5-13/h12H,6-10H2,1-2H3/b14-11-/t12-/m0/s1. The van der Waals surface area contributed by atoms with E-state index in [1.165, 1.54) is 0 Å². The molecule has 0 unspecified atom stereocenters. The highest BCUT2D eigenvalue weighted by atomic mass is 16.6. The third-order valence-corrected chi connectivity index (χ3v) is 2.40. The van der Waals surface area contributed by atoms with Crippen molar-refractivity contribution in [2.24, 2.45) is 5.16 Å². The van der Waals surface area contributed by atoms with E-state index >= 15 is 0 Å². The van der Waals surface area contributed by atoms with E-state index in [1.54, 1.807) is 13.8 Å². The van der Waals surface area contributed by atoms with E-state index in [4.69, 9.17) is 14.8 Å². The second-order valence-corrected chi connectivity index (χ2v) is 3.70. The molecule has 0 radical (unpaired) electrons. The van der Waals surface area contributed by atoms with Gasteiger partial charge in [-0.1, -0.05) is 11.1 Å². The van der Waals surface area contributed by atoms with Crippen molar-refractivity contribution in [3.8, 4) is 17.9 Å². The van der Waals surface area contributed by atoms with E-state index in [1.807, 2.05) is 4.90 Å². The molecule has 0 aromatic rings. The van der Waals surface area contributed by atoms with Crippen LogP contribution in [0.4, 0.5) is 0 Å². The Kier molecular flexibility index (Phi) is 6.09. The van der Waals surface area contributed by atoms with Gasteiger partial charge in [-0.05, 0) is 19.8 Å². The van der Waals surface area contributed by atoms with Crippen molar-refractivity contribution in [3.05, 3.63) is 0 Å². The zero-order valence-electron chi connectivity index (χ0n) is 10.3. The fraction of sp³-hybridized carbons (Fsp3) is 0.667. The van der Waals surface area contributed by atoms with E-state index < -0.39 is 0 Å². The lowest BCUT2D eigenvalue weighted by molar-refractivity contribution is -0.0368. The summed E-state index contributed by atoms with van der Waals surface area (Å²) < 4.78 is 5.36. The summed E-state index contributed by atoms with van der Waals surface area (Å²) in [6, 6.07) is 2.24. The summed E-state index contributed by atoms with van der Waals surface area (Å²) in [5.74, 6) is 5.54. The summed E-state index contributed by atoms with van der Waals surface area (Å²) in [4.78, 5) is 7.26. The first-order valence-corrected chi connectivity index (χ1v) is 5.56. The maximum atomic E-state index is 8.70. The van der Waals surface area contributed by atoms with Crippen LogP contribution in [0.2, 0.25) is 0 Å². The third-order valence-electron chi connectivity index (χ3n) is 2.40. The smallest absolute Gasteiger partial charge is 0.134 e. The number of hydrogen-bond donors (Lipinski definition) is 0. The minimum atomic E-state index is 0.0922. The Morgan fingerprint density at radius 2 is 2.47 bits per heavy atom. The average Bonchev–Trinajstić information content (AvgIpc) is 2.32. The molecule has 0 aromatic carbocycles. The maximum absolute atomic E-state index is 8.70. The van der Waals surface area contributed by atoms with Crippen LogP contribution in [-0.4, -0.2) is 49.6 Å². The minimum absolute atomic E-state index is 0.0922. The molecule has 1 fully saturated rings. The van der Waals surface area contributed by atoms with E-state index in [9.17, 15) is 0 Å². The Bertz CT molecular complexity index is 362. The van der Waals surface area contributed by atoms with Crippen molar-refractivity contribution in [2.45, 2.75) is 19.9 Å². The molecule has 0 aromatic heterocycles. The van der Waals surface area contributed by atoms with Crippen molar-refractivity contribution in [1.82, 2.24) is 4.90 Å². The van der Waals surface area contributed by atoms with Gasteiger partial charge in [0.2, 0.25) is 0 Å². The van der Waals surface area contributed by atoms with Crippen molar-refractivity contribution < 1.29 is 9.57 Å². The topological polar surface area (TPSA) is 57.9 Å². The van der Waals surface area contributed by atoms with Crippen LogP contribution in [-0.2, 0) is 9.57 Å². The van der Waals surface area contributed by atoms with Crippen LogP contribution < -0.4 is 0 Å². The van der Waals surface area contributed by atoms with Crippen molar-refractivity contribution in [3.63, 3.8) is 0 Å². The van der Waals surface area contributed by atoms with Crippen molar-refractivity contribution >= 4 is 5.71 Å². The Morgan fingerprint density at radius 1 is 1.65 bits per heavy atom. The number of morpholine rings is 1. The van der Waals surface area contributed by atoms with Gasteiger partial charge in [0.05, 0.1) is 31.9 Å². The van der Waals surface area contributed by atoms with Gasteiger partial charge >= 0.3 is 0 Å². The van der Waals surface area contributed by atoms with Gasteiger partial charge in [0, 0.05) is 6.54 Å². The Morgan fingerprint density at radius 3 is 3.18 bits per heavy atom. The van der Waals surface area contributed by atoms with Crippen LogP contribution in [0, 0.1) is 23.2 Å². The molecular weight excluding hydrogens is 218 g/mol. The number of hydrogen-bond acceptors (Lipinski definition) is 5. The molecule has 1 saturated heterocycles. The molecular formula is C12H17N3O2. The van der Waals surface area contributed by atoms with Crippen molar-refractivity contribution in [2.75, 3.05) is 32.9 Å². The molecule has 1 rings (SSSR count). The molecule has 0 bridgehead atoms. The summed E-state index contributed by atoms with van der Waals surface area (Å²) in [6.07, 6.45) is 0. The van der Waals surface area contributed by atoms with Crippen LogP contribution in [0.1, 0.15) is 13.8 Å². The minimum Gasteiger partial charge on any atom is -0.393 e. The molecule has 0 N–H and O–H groups in total. The van der Waals surface area contributed by atoms with Gasteiger partial charge in [0.1, 0.15) is 12.3 Å². The lowest BCUT2D eigenvalue weighted by Gasteiger charge is -2.32. The molecule has 92 valence electrons. The van der Waals surface area contributed by atoms with Gasteiger partial charge in [-0.15, -0.1) is 0 Å². The fourth-order valence-corrected chi connectivity index (χ4v) is 1.57. The first kappa shape index (κ1) is 13.5. The van der Waals surface area contributed by atoms with E-state index in [0.717, 1.165) is 6.54 Å². The van der Waals surface area contributed by atoms with Gasteiger partial charge in [-0.3, -0.25) is 4.90 Å². The second kappa shape index (κ2) is 7.67. The Labute approximate surface area is 102 Å². The highest BCUT2D eigenvalue weighted by Crippen LogP contribution is 2.06. The summed E-state index contributed by atoms with van der Waals surface area (Å²) in [5.41, 5.74) is 0.649. The summed E-state index contributed by atoms with van der Waals surface area (Å²) in [7, 11) is 0. The number of rotatable bonds is 4. The highest BCUT2D eigenvalue weighted by Gasteiger charge is 2.23. The second-order valence-electron chi connectivity index (χ2n) is 3.70. The first-order chi connectivity index (χ1) is 8.27. The van der Waals surface area contributed by atoms with E-state index in [-0.39, 0.29) is 6.04 Å². The van der Waals surface area contributed by atoms with Gasteiger partial charge in [-0.25, -0.2) is 0 Å². The SMILES string of the molecule is CC#C/C(C)=N\OC[C@@H]1COCCN1CC#N. The maximum Gasteiger partial charge on any atom is 0.134 e. The summed E-state index contributed by atoms with van der Waals surface area (Å²) >= 11 is 0. The first-order valence-electron chi connectivity index (χ1n) is 5.56. The van der Waals surface area contributed by atoms with E-state index in [0.29, 0.717) is 32.1 Å². The number of nitriles is 1. The molecule has 17 heavy (non-hydrogen) atoms. The van der Waals surface area contributed by atoms with Gasteiger partial charge in [0.25, 0.3) is 0 Å². The Hall–Kier alpha value is -1.56. The molecule has 5 nitrogen and oxygen atoms in total. The number of ether oxygens (including phenoxy) is 1. The van der Waals surface area contributed by atoms with Crippen molar-refractivity contribution in [1.29, 1.82) is 5.26 Å². The number of nitrogens with zero attached hydrogens (tertiary/aromatic N) is 3. The third kappa shape index (κ3) is 4.86. The zero-order chi connectivity index (χ0) is 12.5. The summed E-state index contributed by atoms with van der Waals surface area (Å²) in [6.45, 7) is 6.37. The molecule has 5 heteroatoms. The normalized spacial score (nSPS) is 21.2. The highest BCUT2D eigenvalue weighted by molar-refractivity contribution is 5.97. The summed E-state index contributed by atoms with van der Waals surface area (Å²) in [5, 5.41) is 12.6. The lowest BCUT2D eigenvalue weighted by Crippen LogP contribution is -2.47. The van der Waals surface area contributed by atoms with Gasteiger partial charge < -0.3 is 9.57 Å². The number of oxime groups is 1. The zero-order valence-corrected chi connectivity index (χ0v) is 10.3. The van der Waals surface area contributed by atoms with Crippen LogP contribution in [0.15, 0.2) is 5.16 Å². The monoisotopic (exact) mass is 235 g/mol. The van der Waals surface area contributed by atoms with Crippen LogP contribution >= 0.6 is 0 Å². The van der Waals surface area contributed by atoms with E-state index in [2.05, 4.69) is 23.1 Å².